The van der Waals surface area contributed by atoms with E-state index in [1.54, 1.807) is 29.5 Å². The van der Waals surface area contributed by atoms with Gasteiger partial charge in [0, 0.05) is 18.3 Å². The normalized spacial score (nSPS) is 12.9. The summed E-state index contributed by atoms with van der Waals surface area (Å²) in [4.78, 5) is 23.0. The molecule has 0 bridgehead atoms. The van der Waals surface area contributed by atoms with E-state index >= 15 is 0 Å². The van der Waals surface area contributed by atoms with E-state index in [1.807, 2.05) is 16.8 Å². The largest absolute Gasteiger partial charge is 0.482 e. The van der Waals surface area contributed by atoms with E-state index in [2.05, 4.69) is 16.0 Å². The number of benzene rings is 1. The summed E-state index contributed by atoms with van der Waals surface area (Å²) in [5.74, 6) is 0.363. The lowest BCUT2D eigenvalue weighted by Gasteiger charge is -2.18. The Morgan fingerprint density at radius 2 is 2.29 bits per heavy atom. The van der Waals surface area contributed by atoms with Gasteiger partial charge in [0.1, 0.15) is 5.75 Å². The first-order valence-corrected chi connectivity index (χ1v) is 7.27. The monoisotopic (exact) mass is 303 g/mol. The molecular formula is C14H13N3O3S. The van der Waals surface area contributed by atoms with E-state index in [4.69, 9.17) is 4.74 Å². The van der Waals surface area contributed by atoms with Crippen LogP contribution < -0.4 is 20.7 Å². The lowest BCUT2D eigenvalue weighted by Crippen LogP contribution is -2.28. The molecule has 21 heavy (non-hydrogen) atoms. The number of anilines is 2. The third kappa shape index (κ3) is 3.32. The van der Waals surface area contributed by atoms with E-state index in [0.717, 1.165) is 5.56 Å². The van der Waals surface area contributed by atoms with Crippen molar-refractivity contribution in [1.29, 1.82) is 0 Å². The van der Waals surface area contributed by atoms with Gasteiger partial charge in [-0.05, 0) is 34.5 Å². The van der Waals surface area contributed by atoms with Crippen LogP contribution in [0.5, 0.6) is 5.75 Å². The van der Waals surface area contributed by atoms with Gasteiger partial charge in [-0.15, -0.1) is 0 Å². The van der Waals surface area contributed by atoms with Gasteiger partial charge in [0.2, 0.25) is 0 Å². The van der Waals surface area contributed by atoms with Gasteiger partial charge in [-0.2, -0.15) is 11.3 Å². The molecule has 0 spiro atoms. The van der Waals surface area contributed by atoms with Gasteiger partial charge < -0.3 is 20.7 Å². The van der Waals surface area contributed by atoms with Crippen LogP contribution in [0.15, 0.2) is 35.0 Å². The van der Waals surface area contributed by atoms with E-state index in [1.165, 1.54) is 0 Å². The van der Waals surface area contributed by atoms with Gasteiger partial charge in [0.05, 0.1) is 5.69 Å². The van der Waals surface area contributed by atoms with Crippen molar-refractivity contribution in [2.45, 2.75) is 6.54 Å². The molecule has 1 aromatic heterocycles. The van der Waals surface area contributed by atoms with Crippen LogP contribution in [0, 0.1) is 0 Å². The molecule has 0 radical (unpaired) electrons. The number of hydrogen-bond acceptors (Lipinski definition) is 4. The number of carbonyl (C=O) groups is 2. The Morgan fingerprint density at radius 1 is 1.38 bits per heavy atom. The molecule has 1 aliphatic heterocycles. The summed E-state index contributed by atoms with van der Waals surface area (Å²) in [6, 6.07) is 6.75. The first kappa shape index (κ1) is 13.4. The number of amides is 3. The van der Waals surface area contributed by atoms with Crippen molar-refractivity contribution in [1.82, 2.24) is 5.32 Å². The molecule has 7 heteroatoms. The number of rotatable bonds is 3. The Bertz CT molecular complexity index is 670. The topological polar surface area (TPSA) is 79.5 Å². The fourth-order valence-electron chi connectivity index (χ4n) is 1.90. The van der Waals surface area contributed by atoms with Crippen molar-refractivity contribution >= 4 is 34.6 Å². The number of nitrogens with one attached hydrogen (secondary N) is 3. The molecule has 1 aliphatic rings. The summed E-state index contributed by atoms with van der Waals surface area (Å²) in [6.45, 7) is 0.466. The maximum absolute atomic E-state index is 11.8. The number of urea groups is 1. The molecule has 3 N–H and O–H groups in total. The highest BCUT2D eigenvalue weighted by Crippen LogP contribution is 2.30. The fraction of sp³-hybridized carbons (Fsp3) is 0.143. The minimum absolute atomic E-state index is 0.0131. The van der Waals surface area contributed by atoms with Crippen LogP contribution in [0.3, 0.4) is 0 Å². The summed E-state index contributed by atoms with van der Waals surface area (Å²) in [7, 11) is 0. The van der Waals surface area contributed by atoms with Crippen molar-refractivity contribution in [3.8, 4) is 5.75 Å². The lowest BCUT2D eigenvalue weighted by molar-refractivity contribution is -0.118. The molecule has 0 unspecified atom stereocenters. The highest BCUT2D eigenvalue weighted by molar-refractivity contribution is 7.07. The Kier molecular flexibility index (Phi) is 3.74. The molecule has 0 fully saturated rings. The van der Waals surface area contributed by atoms with Crippen molar-refractivity contribution < 1.29 is 14.3 Å². The second-order valence-electron chi connectivity index (χ2n) is 4.49. The number of fused-ring (bicyclic) bond motifs is 1. The highest BCUT2D eigenvalue weighted by Gasteiger charge is 2.16. The van der Waals surface area contributed by atoms with E-state index in [9.17, 15) is 9.59 Å². The van der Waals surface area contributed by atoms with Crippen LogP contribution in [0.2, 0.25) is 0 Å². The zero-order valence-electron chi connectivity index (χ0n) is 11.0. The number of carbonyl (C=O) groups excluding carboxylic acids is 2. The molecule has 108 valence electrons. The van der Waals surface area contributed by atoms with Crippen molar-refractivity contribution in [2.24, 2.45) is 0 Å². The minimum atomic E-state index is -0.291. The van der Waals surface area contributed by atoms with Crippen LogP contribution in [-0.2, 0) is 11.3 Å². The fourth-order valence-corrected chi connectivity index (χ4v) is 2.57. The Labute approximate surface area is 125 Å². The maximum Gasteiger partial charge on any atom is 0.319 e. The summed E-state index contributed by atoms with van der Waals surface area (Å²) in [5, 5.41) is 12.1. The van der Waals surface area contributed by atoms with Crippen LogP contribution in [0.25, 0.3) is 0 Å². The molecule has 1 aromatic carbocycles. The molecular weight excluding hydrogens is 290 g/mol. The Morgan fingerprint density at radius 3 is 3.10 bits per heavy atom. The standard InChI is InChI=1S/C14H13N3O3S/c18-13-7-20-12-5-10(1-2-11(12)17-13)16-14(19)15-6-9-3-4-21-8-9/h1-5,8H,6-7H2,(H,17,18)(H2,15,16,19). The lowest BCUT2D eigenvalue weighted by atomic mass is 10.2. The molecule has 0 atom stereocenters. The second-order valence-corrected chi connectivity index (χ2v) is 5.27. The predicted molar refractivity (Wildman–Crippen MR) is 80.7 cm³/mol. The zero-order chi connectivity index (χ0) is 14.7. The Balaban J connectivity index is 1.60. The highest BCUT2D eigenvalue weighted by atomic mass is 32.1. The van der Waals surface area contributed by atoms with E-state index in [-0.39, 0.29) is 18.5 Å². The predicted octanol–water partition coefficient (Wildman–Crippen LogP) is 2.40. The first-order chi connectivity index (χ1) is 10.2. The van der Waals surface area contributed by atoms with Crippen molar-refractivity contribution in [2.75, 3.05) is 17.2 Å². The van der Waals surface area contributed by atoms with Gasteiger partial charge in [0.15, 0.2) is 6.61 Å². The molecule has 0 aliphatic carbocycles. The van der Waals surface area contributed by atoms with Crippen molar-refractivity contribution in [3.05, 3.63) is 40.6 Å². The third-order valence-corrected chi connectivity index (χ3v) is 3.64. The molecule has 3 amide bonds. The summed E-state index contributed by atoms with van der Waals surface area (Å²) in [6.07, 6.45) is 0. The average Bonchev–Trinajstić information content (AvgIpc) is 2.99. The van der Waals surface area contributed by atoms with Gasteiger partial charge in [-0.1, -0.05) is 0 Å². The summed E-state index contributed by atoms with van der Waals surface area (Å²) in [5.41, 5.74) is 2.27. The van der Waals surface area contributed by atoms with Gasteiger partial charge in [-0.3, -0.25) is 4.79 Å². The SMILES string of the molecule is O=C1COc2cc(NC(=O)NCc3ccsc3)ccc2N1. The maximum atomic E-state index is 11.8. The molecule has 6 nitrogen and oxygen atoms in total. The molecule has 0 saturated heterocycles. The smallest absolute Gasteiger partial charge is 0.319 e. The van der Waals surface area contributed by atoms with Crippen LogP contribution >= 0.6 is 11.3 Å². The number of thiophene rings is 1. The molecule has 2 heterocycles. The first-order valence-electron chi connectivity index (χ1n) is 6.33. The zero-order valence-corrected chi connectivity index (χ0v) is 11.8. The van der Waals surface area contributed by atoms with E-state index in [0.29, 0.717) is 23.7 Å². The number of hydrogen-bond donors (Lipinski definition) is 3. The molecule has 3 rings (SSSR count). The van der Waals surface area contributed by atoms with Gasteiger partial charge >= 0.3 is 6.03 Å². The van der Waals surface area contributed by atoms with Crippen LogP contribution in [-0.4, -0.2) is 18.5 Å². The summed E-state index contributed by atoms with van der Waals surface area (Å²) >= 11 is 1.59. The minimum Gasteiger partial charge on any atom is -0.482 e. The number of ether oxygens (including phenoxy) is 1. The molecule has 0 saturated carbocycles. The quantitative estimate of drug-likeness (QED) is 0.814. The third-order valence-electron chi connectivity index (χ3n) is 2.91. The van der Waals surface area contributed by atoms with Crippen molar-refractivity contribution in [3.63, 3.8) is 0 Å². The summed E-state index contributed by atoms with van der Waals surface area (Å²) < 4.78 is 5.29. The van der Waals surface area contributed by atoms with Crippen LogP contribution in [0.4, 0.5) is 16.2 Å². The average molecular weight is 303 g/mol. The Hall–Kier alpha value is -2.54. The van der Waals surface area contributed by atoms with E-state index < -0.39 is 0 Å². The van der Waals surface area contributed by atoms with Gasteiger partial charge in [-0.25, -0.2) is 4.79 Å². The van der Waals surface area contributed by atoms with Crippen LogP contribution in [0.1, 0.15) is 5.56 Å². The molecule has 2 aromatic rings. The van der Waals surface area contributed by atoms with Gasteiger partial charge in [0.25, 0.3) is 5.91 Å². The second kappa shape index (κ2) is 5.84.